The normalized spacial score (nSPS) is 13.3. The van der Waals surface area contributed by atoms with Crippen molar-refractivity contribution in [2.75, 3.05) is 18.5 Å². The predicted molar refractivity (Wildman–Crippen MR) is 81.9 cm³/mol. The molecule has 2 amide bonds. The molecule has 1 aliphatic heterocycles. The van der Waals surface area contributed by atoms with Gasteiger partial charge in [-0.25, -0.2) is 4.79 Å². The number of carbonyl (C=O) groups excluding carboxylic acids is 2. The lowest BCUT2D eigenvalue weighted by Gasteiger charge is -2.28. The SMILES string of the molecule is CCOC(=O)N1CCc2c(cncc2C(=O)Nc2cn[nH]c2)C1. The first kappa shape index (κ1) is 15.0. The lowest BCUT2D eigenvalue weighted by molar-refractivity contribution is 0.101. The Labute approximate surface area is 132 Å². The number of nitrogens with one attached hydrogen (secondary N) is 2. The third-order valence-electron chi connectivity index (χ3n) is 3.67. The van der Waals surface area contributed by atoms with Crippen molar-refractivity contribution in [1.29, 1.82) is 0 Å². The molecular weight excluding hydrogens is 298 g/mol. The first-order chi connectivity index (χ1) is 11.2. The fourth-order valence-corrected chi connectivity index (χ4v) is 2.58. The van der Waals surface area contributed by atoms with Crippen molar-refractivity contribution >= 4 is 17.7 Å². The van der Waals surface area contributed by atoms with Crippen molar-refractivity contribution in [3.8, 4) is 0 Å². The largest absolute Gasteiger partial charge is 0.450 e. The van der Waals surface area contributed by atoms with E-state index in [1.165, 1.54) is 6.20 Å². The Morgan fingerprint density at radius 2 is 2.26 bits per heavy atom. The third kappa shape index (κ3) is 3.15. The molecule has 0 bridgehead atoms. The number of carbonyl (C=O) groups is 2. The van der Waals surface area contributed by atoms with Crippen molar-refractivity contribution < 1.29 is 14.3 Å². The molecule has 0 saturated carbocycles. The number of ether oxygens (including phenoxy) is 1. The molecule has 0 fully saturated rings. The molecule has 8 heteroatoms. The van der Waals surface area contributed by atoms with Crippen LogP contribution in [0.25, 0.3) is 0 Å². The Kier molecular flexibility index (Phi) is 4.22. The monoisotopic (exact) mass is 315 g/mol. The number of pyridine rings is 1. The van der Waals surface area contributed by atoms with E-state index in [0.29, 0.717) is 37.4 Å². The zero-order valence-corrected chi connectivity index (χ0v) is 12.7. The van der Waals surface area contributed by atoms with Gasteiger partial charge in [0.1, 0.15) is 0 Å². The minimum Gasteiger partial charge on any atom is -0.450 e. The summed E-state index contributed by atoms with van der Waals surface area (Å²) in [6.07, 6.45) is 6.62. The van der Waals surface area contributed by atoms with Crippen LogP contribution in [0, 0.1) is 0 Å². The van der Waals surface area contributed by atoms with Gasteiger partial charge in [-0.05, 0) is 24.5 Å². The molecule has 0 unspecified atom stereocenters. The highest BCUT2D eigenvalue weighted by Crippen LogP contribution is 2.23. The molecule has 0 aromatic carbocycles. The van der Waals surface area contributed by atoms with Crippen LogP contribution in [0.5, 0.6) is 0 Å². The van der Waals surface area contributed by atoms with Crippen molar-refractivity contribution in [3.63, 3.8) is 0 Å². The number of anilines is 1. The first-order valence-corrected chi connectivity index (χ1v) is 7.36. The minimum atomic E-state index is -0.341. The van der Waals surface area contributed by atoms with E-state index in [2.05, 4.69) is 20.5 Å². The Bertz CT molecular complexity index is 714. The van der Waals surface area contributed by atoms with Gasteiger partial charge in [0.15, 0.2) is 0 Å². The molecule has 0 spiro atoms. The summed E-state index contributed by atoms with van der Waals surface area (Å²) in [7, 11) is 0. The van der Waals surface area contributed by atoms with Crippen LogP contribution in [0.2, 0.25) is 0 Å². The van der Waals surface area contributed by atoms with Gasteiger partial charge in [0, 0.05) is 25.1 Å². The van der Waals surface area contributed by atoms with Crippen LogP contribution in [0.15, 0.2) is 24.8 Å². The molecule has 2 N–H and O–H groups in total. The van der Waals surface area contributed by atoms with Crippen molar-refractivity contribution in [2.45, 2.75) is 19.9 Å². The van der Waals surface area contributed by atoms with E-state index in [1.54, 1.807) is 30.4 Å². The lowest BCUT2D eigenvalue weighted by Crippen LogP contribution is -2.37. The number of H-pyrrole nitrogens is 1. The third-order valence-corrected chi connectivity index (χ3v) is 3.67. The van der Waals surface area contributed by atoms with Gasteiger partial charge in [-0.1, -0.05) is 0 Å². The van der Waals surface area contributed by atoms with E-state index in [1.807, 2.05) is 0 Å². The van der Waals surface area contributed by atoms with Crippen LogP contribution in [0.1, 0.15) is 28.4 Å². The fraction of sp³-hybridized carbons (Fsp3) is 0.333. The standard InChI is InChI=1S/C15H17N5O3/c1-2-23-15(22)20-4-3-12-10(9-20)5-16-8-13(12)14(21)19-11-6-17-18-7-11/h5-8H,2-4,9H2,1H3,(H,17,18)(H,19,21). The summed E-state index contributed by atoms with van der Waals surface area (Å²) in [5, 5.41) is 9.20. The molecule has 2 aromatic rings. The number of rotatable bonds is 3. The molecule has 23 heavy (non-hydrogen) atoms. The van der Waals surface area contributed by atoms with Gasteiger partial charge in [-0.3, -0.25) is 14.9 Å². The number of hydrogen-bond donors (Lipinski definition) is 2. The van der Waals surface area contributed by atoms with Crippen LogP contribution >= 0.6 is 0 Å². The topological polar surface area (TPSA) is 100 Å². The molecule has 3 heterocycles. The average molecular weight is 315 g/mol. The number of nitrogens with zero attached hydrogens (tertiary/aromatic N) is 3. The maximum Gasteiger partial charge on any atom is 0.410 e. The molecule has 1 aliphatic rings. The highest BCUT2D eigenvalue weighted by Gasteiger charge is 2.25. The van der Waals surface area contributed by atoms with E-state index >= 15 is 0 Å². The number of hydrogen-bond acceptors (Lipinski definition) is 5. The molecule has 0 saturated heterocycles. The van der Waals surface area contributed by atoms with E-state index < -0.39 is 0 Å². The first-order valence-electron chi connectivity index (χ1n) is 7.36. The zero-order chi connectivity index (χ0) is 16.2. The molecule has 0 atom stereocenters. The molecule has 120 valence electrons. The van der Waals surface area contributed by atoms with Gasteiger partial charge >= 0.3 is 6.09 Å². The molecule has 3 rings (SSSR count). The summed E-state index contributed by atoms with van der Waals surface area (Å²) in [5.41, 5.74) is 2.90. The Morgan fingerprint density at radius 3 is 3.00 bits per heavy atom. The highest BCUT2D eigenvalue weighted by molar-refractivity contribution is 6.05. The smallest absolute Gasteiger partial charge is 0.410 e. The highest BCUT2D eigenvalue weighted by atomic mass is 16.6. The molecule has 8 nitrogen and oxygen atoms in total. The summed E-state index contributed by atoms with van der Waals surface area (Å²) in [6.45, 7) is 3.03. The van der Waals surface area contributed by atoms with Crippen molar-refractivity contribution in [3.05, 3.63) is 41.5 Å². The van der Waals surface area contributed by atoms with Gasteiger partial charge in [0.05, 0.1) is 30.6 Å². The quantitative estimate of drug-likeness (QED) is 0.895. The maximum atomic E-state index is 12.4. The van der Waals surface area contributed by atoms with Gasteiger partial charge < -0.3 is 15.0 Å². The number of aromatic amines is 1. The van der Waals surface area contributed by atoms with Crippen LogP contribution < -0.4 is 5.32 Å². The summed E-state index contributed by atoms with van der Waals surface area (Å²) < 4.78 is 5.02. The van der Waals surface area contributed by atoms with Crippen LogP contribution in [0.3, 0.4) is 0 Å². The van der Waals surface area contributed by atoms with Crippen LogP contribution in [-0.4, -0.2) is 45.2 Å². The van der Waals surface area contributed by atoms with Gasteiger partial charge in [0.2, 0.25) is 0 Å². The Hall–Kier alpha value is -2.90. The van der Waals surface area contributed by atoms with Crippen LogP contribution in [0.4, 0.5) is 10.5 Å². The van der Waals surface area contributed by atoms with Crippen molar-refractivity contribution in [2.24, 2.45) is 0 Å². The zero-order valence-electron chi connectivity index (χ0n) is 12.7. The van der Waals surface area contributed by atoms with E-state index in [4.69, 9.17) is 4.74 Å². The van der Waals surface area contributed by atoms with Crippen LogP contribution in [-0.2, 0) is 17.7 Å². The Morgan fingerprint density at radius 1 is 1.39 bits per heavy atom. The molecule has 2 aromatic heterocycles. The minimum absolute atomic E-state index is 0.236. The molecule has 0 radical (unpaired) electrons. The van der Waals surface area contributed by atoms with Crippen molar-refractivity contribution in [1.82, 2.24) is 20.1 Å². The maximum absolute atomic E-state index is 12.4. The number of aromatic nitrogens is 3. The second-order valence-corrected chi connectivity index (χ2v) is 5.14. The number of fused-ring (bicyclic) bond motifs is 1. The molecular formula is C15H17N5O3. The summed E-state index contributed by atoms with van der Waals surface area (Å²) >= 11 is 0. The second kappa shape index (κ2) is 6.47. The summed E-state index contributed by atoms with van der Waals surface area (Å²) in [5.74, 6) is -0.236. The van der Waals surface area contributed by atoms with Gasteiger partial charge in [-0.2, -0.15) is 5.10 Å². The fourth-order valence-electron chi connectivity index (χ4n) is 2.58. The number of amides is 2. The van der Waals surface area contributed by atoms with Gasteiger partial charge in [-0.15, -0.1) is 0 Å². The van der Waals surface area contributed by atoms with E-state index in [9.17, 15) is 9.59 Å². The van der Waals surface area contributed by atoms with Gasteiger partial charge in [0.25, 0.3) is 5.91 Å². The average Bonchev–Trinajstić information content (AvgIpc) is 3.07. The summed E-state index contributed by atoms with van der Waals surface area (Å²) in [6, 6.07) is 0. The lowest BCUT2D eigenvalue weighted by atomic mass is 9.97. The Balaban J connectivity index is 1.79. The van der Waals surface area contributed by atoms with E-state index in [0.717, 1.165) is 11.1 Å². The molecule has 0 aliphatic carbocycles. The predicted octanol–water partition coefficient (Wildman–Crippen LogP) is 1.57. The second-order valence-electron chi connectivity index (χ2n) is 5.14. The van der Waals surface area contributed by atoms with E-state index in [-0.39, 0.29) is 12.0 Å². The summed E-state index contributed by atoms with van der Waals surface area (Å²) in [4.78, 5) is 30.0.